The molecule has 0 fully saturated rings. The van der Waals surface area contributed by atoms with E-state index in [1.807, 2.05) is 30.3 Å². The molecule has 0 unspecified atom stereocenters. The summed E-state index contributed by atoms with van der Waals surface area (Å²) in [7, 11) is -4.77. The first-order valence-corrected chi connectivity index (χ1v) is 6.57. The lowest BCUT2D eigenvalue weighted by atomic mass is 9.86. The Labute approximate surface area is 99.7 Å². The molecule has 0 saturated carbocycles. The molecule has 0 bridgehead atoms. The lowest BCUT2D eigenvalue weighted by Crippen LogP contribution is -2.28. The topological polar surface area (TPSA) is 83.8 Å². The fraction of sp³-hybridized carbons (Fsp3) is 0.364. The van der Waals surface area contributed by atoms with Crippen molar-refractivity contribution in [1.29, 1.82) is 0 Å². The van der Waals surface area contributed by atoms with Crippen LogP contribution >= 0.6 is 7.82 Å². The molecular weight excluding hydrogens is 243 g/mol. The van der Waals surface area contributed by atoms with Crippen LogP contribution in [0.5, 0.6) is 0 Å². The monoisotopic (exact) mass is 258 g/mol. The van der Waals surface area contributed by atoms with Crippen LogP contribution < -0.4 is 0 Å². The lowest BCUT2D eigenvalue weighted by Gasteiger charge is -2.22. The Kier molecular flexibility index (Phi) is 4.09. The second-order valence-corrected chi connectivity index (χ2v) is 5.58. The summed E-state index contributed by atoms with van der Waals surface area (Å²) < 4.78 is 14.7. The molecule has 0 amide bonds. The third-order valence-corrected chi connectivity index (χ3v) is 2.65. The van der Waals surface area contributed by atoms with Gasteiger partial charge < -0.3 is 4.52 Å². The molecule has 5 nitrogen and oxygen atoms in total. The van der Waals surface area contributed by atoms with Gasteiger partial charge >= 0.3 is 13.8 Å². The van der Waals surface area contributed by atoms with E-state index in [1.165, 1.54) is 0 Å². The van der Waals surface area contributed by atoms with E-state index in [1.54, 1.807) is 13.8 Å². The predicted octanol–water partition coefficient (Wildman–Crippen LogP) is 1.89. The predicted molar refractivity (Wildman–Crippen MR) is 62.1 cm³/mol. The Hall–Kier alpha value is -1.16. The summed E-state index contributed by atoms with van der Waals surface area (Å²) in [6.45, 7) is 3.16. The van der Waals surface area contributed by atoms with Gasteiger partial charge in [0.25, 0.3) is 0 Å². The molecule has 17 heavy (non-hydrogen) atoms. The lowest BCUT2D eigenvalue weighted by molar-refractivity contribution is -0.145. The molecule has 0 aliphatic heterocycles. The van der Waals surface area contributed by atoms with Crippen molar-refractivity contribution in [3.05, 3.63) is 35.9 Å². The first-order chi connectivity index (χ1) is 7.71. The quantitative estimate of drug-likeness (QED) is 0.806. The summed E-state index contributed by atoms with van der Waals surface area (Å²) in [4.78, 5) is 28.7. The van der Waals surface area contributed by atoms with E-state index in [0.29, 0.717) is 6.42 Å². The van der Waals surface area contributed by atoms with Crippen LogP contribution in [0.25, 0.3) is 0 Å². The number of benzene rings is 1. The maximum atomic E-state index is 11.6. The third-order valence-electron chi connectivity index (χ3n) is 2.24. The summed E-state index contributed by atoms with van der Waals surface area (Å²) in [5.41, 5.74) is -0.0807. The standard InChI is InChI=1S/C11H15O5P/c1-11(2,10(12)16-17(13,14)15)8-9-6-4-3-5-7-9/h3-7H,8H2,1-2H3,(H2,13,14,15). The maximum absolute atomic E-state index is 11.6. The maximum Gasteiger partial charge on any atom is 0.527 e. The highest BCUT2D eigenvalue weighted by molar-refractivity contribution is 7.46. The number of rotatable bonds is 4. The highest BCUT2D eigenvalue weighted by atomic mass is 31.2. The molecule has 1 rings (SSSR count). The molecule has 94 valence electrons. The number of carbonyl (C=O) groups excluding carboxylic acids is 1. The summed E-state index contributed by atoms with van der Waals surface area (Å²) in [5.74, 6) is -0.908. The number of carbonyl (C=O) groups is 1. The van der Waals surface area contributed by atoms with Crippen molar-refractivity contribution in [3.8, 4) is 0 Å². The zero-order chi connectivity index (χ0) is 13.1. The van der Waals surface area contributed by atoms with Gasteiger partial charge in [-0.15, -0.1) is 0 Å². The number of hydrogen-bond acceptors (Lipinski definition) is 3. The van der Waals surface area contributed by atoms with Crippen molar-refractivity contribution in [3.63, 3.8) is 0 Å². The minimum absolute atomic E-state index is 0.354. The van der Waals surface area contributed by atoms with Crippen molar-refractivity contribution >= 4 is 13.8 Å². The SMILES string of the molecule is CC(C)(Cc1ccccc1)C(=O)OP(=O)(O)O. The molecule has 2 N–H and O–H groups in total. The van der Waals surface area contributed by atoms with Gasteiger partial charge in [-0.2, -0.15) is 0 Å². The molecule has 0 radical (unpaired) electrons. The van der Waals surface area contributed by atoms with Gasteiger partial charge in [0.15, 0.2) is 0 Å². The van der Waals surface area contributed by atoms with Gasteiger partial charge in [0.2, 0.25) is 0 Å². The van der Waals surface area contributed by atoms with Crippen molar-refractivity contribution in [1.82, 2.24) is 0 Å². The summed E-state index contributed by atoms with van der Waals surface area (Å²) in [6.07, 6.45) is 0.354. The van der Waals surface area contributed by atoms with Crippen molar-refractivity contribution in [2.24, 2.45) is 5.41 Å². The molecule has 0 aromatic heterocycles. The van der Waals surface area contributed by atoms with Gasteiger partial charge in [0.05, 0.1) is 5.41 Å². The van der Waals surface area contributed by atoms with Crippen molar-refractivity contribution in [2.45, 2.75) is 20.3 Å². The molecule has 6 heteroatoms. The Bertz CT molecular complexity index is 434. The van der Waals surface area contributed by atoms with Crippen LogP contribution in [0.1, 0.15) is 19.4 Å². The summed E-state index contributed by atoms with van der Waals surface area (Å²) in [6, 6.07) is 9.20. The number of phosphoric acid groups is 1. The van der Waals surface area contributed by atoms with Crippen LogP contribution in [0.2, 0.25) is 0 Å². The minimum atomic E-state index is -4.77. The fourth-order valence-corrected chi connectivity index (χ4v) is 1.87. The second kappa shape index (κ2) is 5.00. The van der Waals surface area contributed by atoms with E-state index in [2.05, 4.69) is 4.52 Å². The van der Waals surface area contributed by atoms with E-state index in [0.717, 1.165) is 5.56 Å². The Morgan fingerprint density at radius 1 is 1.29 bits per heavy atom. The Morgan fingerprint density at radius 2 is 1.82 bits per heavy atom. The van der Waals surface area contributed by atoms with Gasteiger partial charge in [-0.25, -0.2) is 4.57 Å². The Balaban J connectivity index is 2.75. The molecule has 1 aromatic rings. The van der Waals surface area contributed by atoms with Crippen LogP contribution in [0, 0.1) is 5.41 Å². The number of phosphoric ester groups is 1. The fourth-order valence-electron chi connectivity index (χ4n) is 1.41. The van der Waals surface area contributed by atoms with Crippen LogP contribution in [-0.2, 0) is 20.3 Å². The molecule has 0 aliphatic carbocycles. The highest BCUT2D eigenvalue weighted by Crippen LogP contribution is 2.39. The molecule has 0 heterocycles. The highest BCUT2D eigenvalue weighted by Gasteiger charge is 2.34. The smallest absolute Gasteiger partial charge is 0.370 e. The van der Waals surface area contributed by atoms with E-state index >= 15 is 0 Å². The molecule has 0 spiro atoms. The molecular formula is C11H15O5P. The van der Waals surface area contributed by atoms with E-state index < -0.39 is 19.2 Å². The van der Waals surface area contributed by atoms with Gasteiger partial charge in [-0.1, -0.05) is 30.3 Å². The molecule has 0 atom stereocenters. The largest absolute Gasteiger partial charge is 0.527 e. The van der Waals surface area contributed by atoms with Crippen LogP contribution in [0.15, 0.2) is 30.3 Å². The van der Waals surface area contributed by atoms with Gasteiger partial charge in [-0.3, -0.25) is 14.6 Å². The van der Waals surface area contributed by atoms with Crippen LogP contribution in [0.3, 0.4) is 0 Å². The van der Waals surface area contributed by atoms with Crippen molar-refractivity contribution < 1.29 is 23.7 Å². The van der Waals surface area contributed by atoms with Gasteiger partial charge in [0, 0.05) is 0 Å². The molecule has 1 aromatic carbocycles. The van der Waals surface area contributed by atoms with E-state index in [9.17, 15) is 9.36 Å². The first-order valence-electron chi connectivity index (χ1n) is 5.04. The summed E-state index contributed by atoms with van der Waals surface area (Å²) in [5, 5.41) is 0. The summed E-state index contributed by atoms with van der Waals surface area (Å²) >= 11 is 0. The van der Waals surface area contributed by atoms with Crippen LogP contribution in [0.4, 0.5) is 0 Å². The Morgan fingerprint density at radius 3 is 2.29 bits per heavy atom. The first kappa shape index (κ1) is 13.9. The van der Waals surface area contributed by atoms with Crippen molar-refractivity contribution in [2.75, 3.05) is 0 Å². The average molecular weight is 258 g/mol. The second-order valence-electron chi connectivity index (χ2n) is 4.42. The zero-order valence-corrected chi connectivity index (χ0v) is 10.6. The normalized spacial score (nSPS) is 12.2. The molecule has 0 aliphatic rings. The average Bonchev–Trinajstić information content (AvgIpc) is 2.15. The van der Waals surface area contributed by atoms with E-state index in [4.69, 9.17) is 9.79 Å². The van der Waals surface area contributed by atoms with E-state index in [-0.39, 0.29) is 0 Å². The molecule has 0 saturated heterocycles. The van der Waals surface area contributed by atoms with Gasteiger partial charge in [0.1, 0.15) is 0 Å². The number of hydrogen-bond donors (Lipinski definition) is 2. The zero-order valence-electron chi connectivity index (χ0n) is 9.66. The minimum Gasteiger partial charge on any atom is -0.370 e. The van der Waals surface area contributed by atoms with Crippen LogP contribution in [-0.4, -0.2) is 15.8 Å². The van der Waals surface area contributed by atoms with Gasteiger partial charge in [-0.05, 0) is 25.8 Å². The third kappa shape index (κ3) is 4.69.